The lowest BCUT2D eigenvalue weighted by Gasteiger charge is -2.04. The number of rotatable bonds is 5. The third-order valence-corrected chi connectivity index (χ3v) is 3.57. The van der Waals surface area contributed by atoms with Crippen LogP contribution in [0.1, 0.15) is 58.1 Å². The molecular weight excluding hydrogens is 297 g/mol. The molecule has 1 aromatic heterocycles. The van der Waals surface area contributed by atoms with Crippen LogP contribution in [-0.2, 0) is 4.52 Å². The molecule has 0 aliphatic heterocycles. The summed E-state index contributed by atoms with van der Waals surface area (Å²) in [5.41, 5.74) is 0.833. The number of hydrogen-bond donors (Lipinski definition) is 2. The van der Waals surface area contributed by atoms with E-state index in [0.29, 0.717) is 12.1 Å². The van der Waals surface area contributed by atoms with E-state index in [2.05, 4.69) is 35.7 Å². The van der Waals surface area contributed by atoms with E-state index in [1.54, 1.807) is 25.4 Å². The smallest absolute Gasteiger partial charge is 0.222 e. The van der Waals surface area contributed by atoms with Crippen molar-refractivity contribution in [1.82, 2.24) is 9.97 Å². The van der Waals surface area contributed by atoms with Gasteiger partial charge in [-0.2, -0.15) is 0 Å². The minimum atomic E-state index is -0.308. The zero-order chi connectivity index (χ0) is 16.6. The van der Waals surface area contributed by atoms with Crippen molar-refractivity contribution in [3.8, 4) is 0 Å². The highest BCUT2D eigenvalue weighted by molar-refractivity contribution is 7.25. The minimum Gasteiger partial charge on any atom is -0.357 e. The van der Waals surface area contributed by atoms with Gasteiger partial charge in [0, 0.05) is 13.2 Å². The monoisotopic (exact) mass is 327 g/mol. The van der Waals surface area contributed by atoms with Crippen molar-refractivity contribution < 1.29 is 9.42 Å². The summed E-state index contributed by atoms with van der Waals surface area (Å²) >= 11 is 0. The Balaban J connectivity index is 0.000000330. The maximum absolute atomic E-state index is 8.33. The molecule has 0 radical (unpaired) electrons. The molecule has 0 spiro atoms. The van der Waals surface area contributed by atoms with Crippen LogP contribution < -0.4 is 5.32 Å². The Morgan fingerprint density at radius 1 is 1.41 bits per heavy atom. The van der Waals surface area contributed by atoms with Crippen LogP contribution in [0.15, 0.2) is 18.8 Å². The SMILES string of the molecule is C=Cc1ccnc(NC)n1.CCCC.OPOC1CCCC1. The van der Waals surface area contributed by atoms with Gasteiger partial charge in [-0.3, -0.25) is 0 Å². The Labute approximate surface area is 136 Å². The van der Waals surface area contributed by atoms with Gasteiger partial charge in [0.15, 0.2) is 9.03 Å². The number of nitrogens with one attached hydrogen (secondary N) is 1. The van der Waals surface area contributed by atoms with E-state index in [1.165, 1.54) is 25.7 Å². The third-order valence-electron chi connectivity index (χ3n) is 3.13. The van der Waals surface area contributed by atoms with E-state index in [1.807, 2.05) is 0 Å². The number of hydrogen-bond acceptors (Lipinski definition) is 5. The summed E-state index contributed by atoms with van der Waals surface area (Å²) in [5.74, 6) is 0.623. The quantitative estimate of drug-likeness (QED) is 0.784. The first-order valence-electron chi connectivity index (χ1n) is 7.89. The summed E-state index contributed by atoms with van der Waals surface area (Å²) in [6.45, 7) is 7.95. The van der Waals surface area contributed by atoms with Crippen molar-refractivity contribution >= 4 is 21.1 Å². The van der Waals surface area contributed by atoms with Crippen LogP contribution >= 0.6 is 9.03 Å². The lowest BCUT2D eigenvalue weighted by molar-refractivity contribution is 0.221. The molecule has 1 saturated carbocycles. The fourth-order valence-electron chi connectivity index (χ4n) is 1.69. The van der Waals surface area contributed by atoms with Gasteiger partial charge in [-0.25, -0.2) is 9.97 Å². The predicted molar refractivity (Wildman–Crippen MR) is 96.1 cm³/mol. The van der Waals surface area contributed by atoms with Crippen LogP contribution in [0.25, 0.3) is 6.08 Å². The van der Waals surface area contributed by atoms with Crippen LogP contribution in [0.2, 0.25) is 0 Å². The molecule has 0 bridgehead atoms. The highest BCUT2D eigenvalue weighted by Crippen LogP contribution is 2.25. The summed E-state index contributed by atoms with van der Waals surface area (Å²) in [4.78, 5) is 16.3. The second kappa shape index (κ2) is 14.9. The van der Waals surface area contributed by atoms with E-state index in [0.717, 1.165) is 18.5 Å². The Morgan fingerprint density at radius 2 is 2.05 bits per heavy atom. The Kier molecular flexibility index (Phi) is 14.2. The number of nitrogens with zero attached hydrogens (tertiary/aromatic N) is 2. The fourth-order valence-corrected chi connectivity index (χ4v) is 2.07. The molecule has 126 valence electrons. The van der Waals surface area contributed by atoms with Crippen LogP contribution in [0.5, 0.6) is 0 Å². The van der Waals surface area contributed by atoms with Gasteiger partial charge in [0.2, 0.25) is 5.95 Å². The van der Waals surface area contributed by atoms with Crippen LogP contribution in [0.3, 0.4) is 0 Å². The van der Waals surface area contributed by atoms with Crippen LogP contribution in [0.4, 0.5) is 5.95 Å². The Morgan fingerprint density at radius 3 is 2.50 bits per heavy atom. The van der Waals surface area contributed by atoms with Crippen molar-refractivity contribution in [2.75, 3.05) is 12.4 Å². The van der Waals surface area contributed by atoms with Crippen LogP contribution in [-0.4, -0.2) is 28.0 Å². The van der Waals surface area contributed by atoms with Gasteiger partial charge in [0.05, 0.1) is 11.8 Å². The van der Waals surface area contributed by atoms with Gasteiger partial charge in [0.1, 0.15) is 0 Å². The molecule has 2 rings (SSSR count). The molecule has 1 unspecified atom stereocenters. The molecular formula is C16H30N3O2P. The molecule has 1 aromatic rings. The second-order valence-corrected chi connectivity index (χ2v) is 5.29. The molecule has 0 saturated heterocycles. The normalized spacial score (nSPS) is 14.0. The zero-order valence-electron chi connectivity index (χ0n) is 14.0. The highest BCUT2D eigenvalue weighted by Gasteiger charge is 2.14. The fraction of sp³-hybridized carbons (Fsp3) is 0.625. The molecule has 0 aromatic carbocycles. The van der Waals surface area contributed by atoms with Crippen LogP contribution in [0, 0.1) is 0 Å². The average Bonchev–Trinajstić information content (AvgIpc) is 3.09. The molecule has 6 heteroatoms. The van der Waals surface area contributed by atoms with Gasteiger partial charge in [-0.05, 0) is 25.0 Å². The number of anilines is 1. The number of aromatic nitrogens is 2. The Hall–Kier alpha value is -1.03. The van der Waals surface area contributed by atoms with Gasteiger partial charge in [-0.1, -0.05) is 46.1 Å². The van der Waals surface area contributed by atoms with E-state index < -0.39 is 0 Å². The standard InChI is InChI=1S/C7H9N3.C5H11O2P.C4H10/c1-3-6-4-5-9-7(8-2)10-6;6-8-7-5-3-1-2-4-5;1-3-4-2/h3-5H,1H2,2H3,(H,8,9,10);5-6,8H,1-4H2;3-4H2,1-2H3. The van der Waals surface area contributed by atoms with Crippen molar-refractivity contribution in [3.05, 3.63) is 24.5 Å². The highest BCUT2D eigenvalue weighted by atomic mass is 31.1. The maximum atomic E-state index is 8.33. The minimum absolute atomic E-state index is 0.308. The Bertz CT molecular complexity index is 383. The number of unbranched alkanes of at least 4 members (excludes halogenated alkanes) is 1. The second-order valence-electron chi connectivity index (χ2n) is 4.87. The first-order valence-corrected chi connectivity index (χ1v) is 8.75. The molecule has 1 atom stereocenters. The summed E-state index contributed by atoms with van der Waals surface area (Å²) in [6.07, 6.45) is 11.2. The molecule has 2 N–H and O–H groups in total. The van der Waals surface area contributed by atoms with Gasteiger partial charge in [0.25, 0.3) is 0 Å². The van der Waals surface area contributed by atoms with E-state index in [-0.39, 0.29) is 9.03 Å². The zero-order valence-corrected chi connectivity index (χ0v) is 15.0. The predicted octanol–water partition coefficient (Wildman–Crippen LogP) is 4.41. The van der Waals surface area contributed by atoms with Gasteiger partial charge < -0.3 is 14.7 Å². The maximum Gasteiger partial charge on any atom is 0.222 e. The van der Waals surface area contributed by atoms with E-state index in [9.17, 15) is 0 Å². The van der Waals surface area contributed by atoms with Crippen molar-refractivity contribution in [3.63, 3.8) is 0 Å². The first kappa shape index (κ1) is 21.0. The largest absolute Gasteiger partial charge is 0.357 e. The summed E-state index contributed by atoms with van der Waals surface area (Å²) < 4.78 is 4.99. The summed E-state index contributed by atoms with van der Waals surface area (Å²) in [6, 6.07) is 1.80. The van der Waals surface area contributed by atoms with Crippen molar-refractivity contribution in [2.24, 2.45) is 0 Å². The topological polar surface area (TPSA) is 67.3 Å². The molecule has 1 fully saturated rings. The molecule has 0 amide bonds. The van der Waals surface area contributed by atoms with Gasteiger partial charge in [-0.15, -0.1) is 0 Å². The lowest BCUT2D eigenvalue weighted by atomic mass is 10.3. The van der Waals surface area contributed by atoms with Crippen molar-refractivity contribution in [2.45, 2.75) is 58.5 Å². The molecule has 1 heterocycles. The summed E-state index contributed by atoms with van der Waals surface area (Å²) in [7, 11) is 1.47. The third kappa shape index (κ3) is 10.7. The van der Waals surface area contributed by atoms with Crippen molar-refractivity contribution in [1.29, 1.82) is 0 Å². The first-order chi connectivity index (χ1) is 10.7. The average molecular weight is 327 g/mol. The lowest BCUT2D eigenvalue weighted by Crippen LogP contribution is -1.99. The van der Waals surface area contributed by atoms with Gasteiger partial charge >= 0.3 is 0 Å². The molecule has 22 heavy (non-hydrogen) atoms. The molecule has 5 nitrogen and oxygen atoms in total. The summed E-state index contributed by atoms with van der Waals surface area (Å²) in [5, 5.41) is 2.83. The molecule has 1 aliphatic rings. The van der Waals surface area contributed by atoms with E-state index >= 15 is 0 Å². The van der Waals surface area contributed by atoms with E-state index in [4.69, 9.17) is 9.42 Å². The molecule has 1 aliphatic carbocycles.